The van der Waals surface area contributed by atoms with Crippen molar-refractivity contribution in [1.29, 1.82) is 0 Å². The molecule has 0 spiro atoms. The zero-order valence-corrected chi connectivity index (χ0v) is 10.4. The molecule has 0 fully saturated rings. The summed E-state index contributed by atoms with van der Waals surface area (Å²) in [6.45, 7) is 0. The second-order valence-corrected chi connectivity index (χ2v) is 4.69. The Morgan fingerprint density at radius 1 is 0.810 bits per heavy atom. The highest BCUT2D eigenvalue weighted by atomic mass is 16.5. The van der Waals surface area contributed by atoms with Crippen LogP contribution in [0.5, 0.6) is 23.0 Å². The lowest BCUT2D eigenvalue weighted by molar-refractivity contribution is -0.135. The Morgan fingerprint density at radius 3 is 2.05 bits per heavy atom. The van der Waals surface area contributed by atoms with Crippen molar-refractivity contribution in [2.45, 2.75) is 5.79 Å². The van der Waals surface area contributed by atoms with E-state index in [4.69, 9.17) is 0 Å². The van der Waals surface area contributed by atoms with Gasteiger partial charge in [-0.1, -0.05) is 24.3 Å². The van der Waals surface area contributed by atoms with Crippen molar-refractivity contribution in [3.63, 3.8) is 0 Å². The van der Waals surface area contributed by atoms with Crippen molar-refractivity contribution < 1.29 is 35.4 Å². The molecule has 6 N–H and O–H groups in total. The molecule has 1 aliphatic rings. The van der Waals surface area contributed by atoms with E-state index in [0.717, 1.165) is 0 Å². The first-order chi connectivity index (χ1) is 9.78. The number of aliphatic hydroxyl groups is 2. The second-order valence-electron chi connectivity index (χ2n) is 4.69. The average Bonchev–Trinajstić information content (AvgIpc) is 2.46. The van der Waals surface area contributed by atoms with E-state index in [9.17, 15) is 35.4 Å². The van der Waals surface area contributed by atoms with E-state index in [1.54, 1.807) is 0 Å². The van der Waals surface area contributed by atoms with Gasteiger partial charge < -0.3 is 30.6 Å². The number of phenols is 4. The molecule has 0 bridgehead atoms. The van der Waals surface area contributed by atoms with Gasteiger partial charge in [0.2, 0.25) is 17.3 Å². The maximum absolute atomic E-state index is 12.3. The van der Waals surface area contributed by atoms with Gasteiger partial charge in [-0.15, -0.1) is 0 Å². The number of fused-ring (bicyclic) bond motifs is 2. The van der Waals surface area contributed by atoms with Crippen LogP contribution in [0.15, 0.2) is 24.3 Å². The maximum atomic E-state index is 12.3. The average molecular weight is 290 g/mol. The molecule has 2 aromatic rings. The van der Waals surface area contributed by atoms with Crippen LogP contribution in [-0.2, 0) is 5.79 Å². The van der Waals surface area contributed by atoms with Crippen LogP contribution in [0.4, 0.5) is 0 Å². The van der Waals surface area contributed by atoms with Gasteiger partial charge in [-0.05, 0) is 0 Å². The second kappa shape index (κ2) is 3.87. The number of phenolic OH excluding ortho intramolecular Hbond substituents is 4. The normalized spacial score (nSPS) is 15.4. The number of aromatic hydroxyl groups is 4. The lowest BCUT2D eigenvalue weighted by atomic mass is 9.79. The van der Waals surface area contributed by atoms with Gasteiger partial charge in [-0.3, -0.25) is 4.79 Å². The SMILES string of the molecule is O=C1c2ccccc2C(O)(O)c2c(O)c(O)c(O)c(O)c21. The van der Waals surface area contributed by atoms with Crippen molar-refractivity contribution in [1.82, 2.24) is 0 Å². The Bertz CT molecular complexity index is 792. The highest BCUT2D eigenvalue weighted by Crippen LogP contribution is 2.54. The van der Waals surface area contributed by atoms with E-state index in [2.05, 4.69) is 0 Å². The highest BCUT2D eigenvalue weighted by Gasteiger charge is 2.46. The molecule has 0 amide bonds. The molecule has 2 aromatic carbocycles. The van der Waals surface area contributed by atoms with Crippen molar-refractivity contribution in [2.24, 2.45) is 0 Å². The van der Waals surface area contributed by atoms with E-state index in [-0.39, 0.29) is 11.1 Å². The fourth-order valence-corrected chi connectivity index (χ4v) is 2.51. The van der Waals surface area contributed by atoms with Gasteiger partial charge in [0.25, 0.3) is 0 Å². The molecule has 7 nitrogen and oxygen atoms in total. The third kappa shape index (κ3) is 1.47. The maximum Gasteiger partial charge on any atom is 0.222 e. The Hall–Kier alpha value is -2.77. The monoisotopic (exact) mass is 290 g/mol. The van der Waals surface area contributed by atoms with E-state index in [1.165, 1.54) is 24.3 Å². The van der Waals surface area contributed by atoms with Crippen LogP contribution < -0.4 is 0 Å². The zero-order valence-electron chi connectivity index (χ0n) is 10.4. The molecular formula is C14H10O7. The van der Waals surface area contributed by atoms with Crippen LogP contribution in [0.25, 0.3) is 0 Å². The number of hydrogen-bond acceptors (Lipinski definition) is 7. The largest absolute Gasteiger partial charge is 0.504 e. The van der Waals surface area contributed by atoms with Crippen molar-refractivity contribution >= 4 is 5.78 Å². The van der Waals surface area contributed by atoms with E-state index >= 15 is 0 Å². The summed E-state index contributed by atoms with van der Waals surface area (Å²) in [6.07, 6.45) is 0. The summed E-state index contributed by atoms with van der Waals surface area (Å²) in [6, 6.07) is 5.50. The highest BCUT2D eigenvalue weighted by molar-refractivity contribution is 6.15. The Morgan fingerprint density at radius 2 is 1.38 bits per heavy atom. The van der Waals surface area contributed by atoms with Crippen LogP contribution >= 0.6 is 0 Å². The fourth-order valence-electron chi connectivity index (χ4n) is 2.51. The summed E-state index contributed by atoms with van der Waals surface area (Å²) >= 11 is 0. The van der Waals surface area contributed by atoms with Crippen LogP contribution in [-0.4, -0.2) is 36.4 Å². The van der Waals surface area contributed by atoms with E-state index < -0.39 is 45.7 Å². The molecule has 0 saturated carbocycles. The van der Waals surface area contributed by atoms with Crippen LogP contribution in [0.3, 0.4) is 0 Å². The summed E-state index contributed by atoms with van der Waals surface area (Å²) in [5.74, 6) is -8.02. The lowest BCUT2D eigenvalue weighted by Gasteiger charge is -2.32. The minimum atomic E-state index is -2.81. The number of rotatable bonds is 0. The van der Waals surface area contributed by atoms with Gasteiger partial charge in [0, 0.05) is 11.1 Å². The number of hydrogen-bond donors (Lipinski definition) is 6. The Kier molecular flexibility index (Phi) is 2.44. The molecule has 0 aromatic heterocycles. The molecule has 0 unspecified atom stereocenters. The third-order valence-corrected chi connectivity index (χ3v) is 3.52. The smallest absolute Gasteiger partial charge is 0.222 e. The molecule has 0 atom stereocenters. The summed E-state index contributed by atoms with van der Waals surface area (Å²) in [7, 11) is 0. The zero-order chi connectivity index (χ0) is 15.5. The molecule has 7 heteroatoms. The molecule has 0 radical (unpaired) electrons. The molecule has 108 valence electrons. The van der Waals surface area contributed by atoms with Gasteiger partial charge in [0.05, 0.1) is 11.1 Å². The predicted molar refractivity (Wildman–Crippen MR) is 68.2 cm³/mol. The van der Waals surface area contributed by atoms with Crippen molar-refractivity contribution in [3.8, 4) is 23.0 Å². The minimum Gasteiger partial charge on any atom is -0.504 e. The molecular weight excluding hydrogens is 280 g/mol. The Balaban J connectivity index is 2.50. The third-order valence-electron chi connectivity index (χ3n) is 3.52. The summed E-state index contributed by atoms with van der Waals surface area (Å²) in [5, 5.41) is 59.2. The van der Waals surface area contributed by atoms with E-state index in [1.807, 2.05) is 0 Å². The van der Waals surface area contributed by atoms with Crippen molar-refractivity contribution in [3.05, 3.63) is 46.5 Å². The molecule has 0 heterocycles. The van der Waals surface area contributed by atoms with Gasteiger partial charge in [0.15, 0.2) is 17.3 Å². The predicted octanol–water partition coefficient (Wildman–Crippen LogP) is 0.239. The van der Waals surface area contributed by atoms with Crippen molar-refractivity contribution in [2.75, 3.05) is 0 Å². The first kappa shape index (κ1) is 13.2. The molecule has 1 aliphatic carbocycles. The fraction of sp³-hybridized carbons (Fsp3) is 0.0714. The number of carbonyl (C=O) groups is 1. The quantitative estimate of drug-likeness (QED) is 0.232. The number of carbonyl (C=O) groups excluding carboxylic acids is 1. The molecule has 0 saturated heterocycles. The summed E-state index contributed by atoms with van der Waals surface area (Å²) in [5.41, 5.74) is -1.76. The van der Waals surface area contributed by atoms with Gasteiger partial charge in [-0.2, -0.15) is 0 Å². The van der Waals surface area contributed by atoms with Crippen LogP contribution in [0, 0.1) is 0 Å². The molecule has 3 rings (SSSR count). The van der Waals surface area contributed by atoms with Crippen LogP contribution in [0.2, 0.25) is 0 Å². The van der Waals surface area contributed by atoms with E-state index in [0.29, 0.717) is 0 Å². The van der Waals surface area contributed by atoms with Crippen LogP contribution in [0.1, 0.15) is 27.0 Å². The first-order valence-electron chi connectivity index (χ1n) is 5.87. The lowest BCUT2D eigenvalue weighted by Crippen LogP contribution is -2.35. The molecule has 21 heavy (non-hydrogen) atoms. The topological polar surface area (TPSA) is 138 Å². The number of ketones is 1. The van der Waals surface area contributed by atoms with Gasteiger partial charge in [0.1, 0.15) is 0 Å². The van der Waals surface area contributed by atoms with Gasteiger partial charge >= 0.3 is 0 Å². The standard InChI is InChI=1S/C14H10O7/c15-9-5-3-1-2-4-6(5)14(20,21)8-7(9)10(16)12(18)13(19)11(8)17/h1-4,16-21H. The summed E-state index contributed by atoms with van der Waals surface area (Å²) < 4.78 is 0. The van der Waals surface area contributed by atoms with Gasteiger partial charge in [-0.25, -0.2) is 0 Å². The first-order valence-corrected chi connectivity index (χ1v) is 5.87. The Labute approximate surface area is 117 Å². The molecule has 0 aliphatic heterocycles. The number of benzene rings is 2. The minimum absolute atomic E-state index is 0.102. The summed E-state index contributed by atoms with van der Waals surface area (Å²) in [4.78, 5) is 12.3.